The van der Waals surface area contributed by atoms with Gasteiger partial charge in [0.25, 0.3) is 0 Å². The van der Waals surface area contributed by atoms with E-state index in [2.05, 4.69) is 5.32 Å². The molecule has 0 aliphatic carbocycles. The third-order valence-electron chi connectivity index (χ3n) is 3.46. The number of nitrogens with one attached hydrogen (secondary N) is 1. The van der Waals surface area contributed by atoms with Crippen molar-refractivity contribution in [2.45, 2.75) is 19.9 Å². The number of hydrogen-bond acceptors (Lipinski definition) is 1. The second kappa shape index (κ2) is 5.67. The first-order chi connectivity index (χ1) is 9.45. The van der Waals surface area contributed by atoms with Crippen LogP contribution in [0.4, 0.5) is 13.2 Å². The van der Waals surface area contributed by atoms with Gasteiger partial charge in [-0.25, -0.2) is 13.2 Å². The van der Waals surface area contributed by atoms with E-state index in [0.29, 0.717) is 5.56 Å². The molecule has 0 saturated heterocycles. The first-order valence-electron chi connectivity index (χ1n) is 6.33. The van der Waals surface area contributed by atoms with Crippen LogP contribution in [-0.4, -0.2) is 7.05 Å². The van der Waals surface area contributed by atoms with Crippen molar-refractivity contribution in [3.63, 3.8) is 0 Å². The highest BCUT2D eigenvalue weighted by atomic mass is 19.2. The SMILES string of the molecule is CNC(c1cc(F)ccc1C)c1ccc(C)c(F)c1F. The fraction of sp³-hybridized carbons (Fsp3) is 0.250. The van der Waals surface area contributed by atoms with E-state index in [9.17, 15) is 13.2 Å². The molecule has 0 bridgehead atoms. The third-order valence-corrected chi connectivity index (χ3v) is 3.46. The van der Waals surface area contributed by atoms with Gasteiger partial charge in [0.2, 0.25) is 0 Å². The van der Waals surface area contributed by atoms with Gasteiger partial charge in [-0.1, -0.05) is 18.2 Å². The lowest BCUT2D eigenvalue weighted by molar-refractivity contribution is 0.482. The van der Waals surface area contributed by atoms with E-state index in [4.69, 9.17) is 0 Å². The first kappa shape index (κ1) is 14.6. The molecule has 0 saturated carbocycles. The normalized spacial score (nSPS) is 12.5. The zero-order chi connectivity index (χ0) is 14.9. The molecule has 1 N–H and O–H groups in total. The first-order valence-corrected chi connectivity index (χ1v) is 6.33. The van der Waals surface area contributed by atoms with E-state index >= 15 is 0 Å². The molecule has 0 heterocycles. The van der Waals surface area contributed by atoms with Gasteiger partial charge in [-0.2, -0.15) is 0 Å². The highest BCUT2D eigenvalue weighted by Crippen LogP contribution is 2.29. The summed E-state index contributed by atoms with van der Waals surface area (Å²) in [5.41, 5.74) is 1.82. The molecule has 0 aliphatic heterocycles. The largest absolute Gasteiger partial charge is 0.309 e. The van der Waals surface area contributed by atoms with Crippen molar-refractivity contribution in [1.29, 1.82) is 0 Å². The van der Waals surface area contributed by atoms with Gasteiger partial charge in [0, 0.05) is 5.56 Å². The minimum atomic E-state index is -0.895. The molecular formula is C16H16F3N. The maximum Gasteiger partial charge on any atom is 0.164 e. The molecule has 4 heteroatoms. The van der Waals surface area contributed by atoms with Crippen molar-refractivity contribution in [3.8, 4) is 0 Å². The molecule has 2 aromatic rings. The molecule has 20 heavy (non-hydrogen) atoms. The van der Waals surface area contributed by atoms with Crippen molar-refractivity contribution < 1.29 is 13.2 Å². The van der Waals surface area contributed by atoms with E-state index in [0.717, 1.165) is 5.56 Å². The van der Waals surface area contributed by atoms with Crippen molar-refractivity contribution in [2.75, 3.05) is 7.05 Å². The summed E-state index contributed by atoms with van der Waals surface area (Å²) in [6.45, 7) is 3.31. The molecule has 0 amide bonds. The summed E-state index contributed by atoms with van der Waals surface area (Å²) in [6, 6.07) is 6.76. The van der Waals surface area contributed by atoms with Crippen molar-refractivity contribution >= 4 is 0 Å². The van der Waals surface area contributed by atoms with E-state index < -0.39 is 23.5 Å². The van der Waals surface area contributed by atoms with E-state index in [-0.39, 0.29) is 11.1 Å². The van der Waals surface area contributed by atoms with Crippen molar-refractivity contribution in [3.05, 3.63) is 70.0 Å². The Kier molecular flexibility index (Phi) is 4.14. The van der Waals surface area contributed by atoms with Gasteiger partial charge in [0.05, 0.1) is 6.04 Å². The van der Waals surface area contributed by atoms with Gasteiger partial charge < -0.3 is 5.32 Å². The van der Waals surface area contributed by atoms with E-state index in [1.54, 1.807) is 13.1 Å². The summed E-state index contributed by atoms with van der Waals surface area (Å²) < 4.78 is 41.2. The number of benzene rings is 2. The molecule has 106 valence electrons. The van der Waals surface area contributed by atoms with Gasteiger partial charge >= 0.3 is 0 Å². The number of hydrogen-bond donors (Lipinski definition) is 1. The van der Waals surface area contributed by atoms with Crippen LogP contribution in [0.1, 0.15) is 28.3 Å². The predicted octanol–water partition coefficient (Wildman–Crippen LogP) is 4.03. The lowest BCUT2D eigenvalue weighted by Gasteiger charge is -2.20. The van der Waals surface area contributed by atoms with Crippen LogP contribution in [-0.2, 0) is 0 Å². The van der Waals surface area contributed by atoms with Crippen LogP contribution in [0.3, 0.4) is 0 Å². The quantitative estimate of drug-likeness (QED) is 0.894. The van der Waals surface area contributed by atoms with Crippen LogP contribution in [0.2, 0.25) is 0 Å². The van der Waals surface area contributed by atoms with Crippen LogP contribution in [0.15, 0.2) is 30.3 Å². The summed E-state index contributed by atoms with van der Waals surface area (Å²) in [5, 5.41) is 2.92. The van der Waals surface area contributed by atoms with Crippen LogP contribution in [0.25, 0.3) is 0 Å². The Morgan fingerprint density at radius 3 is 2.15 bits per heavy atom. The Morgan fingerprint density at radius 2 is 1.50 bits per heavy atom. The Balaban J connectivity index is 2.58. The van der Waals surface area contributed by atoms with Gasteiger partial charge in [-0.3, -0.25) is 0 Å². The van der Waals surface area contributed by atoms with Crippen LogP contribution < -0.4 is 5.32 Å². The summed E-state index contributed by atoms with van der Waals surface area (Å²) >= 11 is 0. The number of rotatable bonds is 3. The molecular weight excluding hydrogens is 263 g/mol. The lowest BCUT2D eigenvalue weighted by atomic mass is 9.94. The Labute approximate surface area is 116 Å². The molecule has 1 atom stereocenters. The van der Waals surface area contributed by atoms with Gasteiger partial charge in [0.15, 0.2) is 11.6 Å². The molecule has 0 spiro atoms. The molecule has 1 nitrogen and oxygen atoms in total. The monoisotopic (exact) mass is 279 g/mol. The minimum absolute atomic E-state index is 0.171. The zero-order valence-corrected chi connectivity index (χ0v) is 11.6. The maximum absolute atomic E-state index is 14.1. The molecule has 2 rings (SSSR count). The smallest absolute Gasteiger partial charge is 0.164 e. The third kappa shape index (κ3) is 2.56. The average Bonchev–Trinajstić information content (AvgIpc) is 2.43. The summed E-state index contributed by atoms with van der Waals surface area (Å²) in [7, 11) is 1.63. The topological polar surface area (TPSA) is 12.0 Å². The summed E-state index contributed by atoms with van der Waals surface area (Å²) in [4.78, 5) is 0. The Morgan fingerprint density at radius 1 is 0.850 bits per heavy atom. The predicted molar refractivity (Wildman–Crippen MR) is 73.1 cm³/mol. The molecule has 0 aliphatic rings. The van der Waals surface area contributed by atoms with E-state index in [1.165, 1.54) is 31.2 Å². The fourth-order valence-corrected chi connectivity index (χ4v) is 2.28. The highest BCUT2D eigenvalue weighted by Gasteiger charge is 2.21. The second-order valence-corrected chi connectivity index (χ2v) is 4.82. The van der Waals surface area contributed by atoms with Crippen molar-refractivity contribution in [2.24, 2.45) is 0 Å². The Bertz CT molecular complexity index is 638. The Hall–Kier alpha value is -1.81. The fourth-order valence-electron chi connectivity index (χ4n) is 2.28. The molecule has 0 fully saturated rings. The van der Waals surface area contributed by atoms with Crippen LogP contribution in [0.5, 0.6) is 0 Å². The minimum Gasteiger partial charge on any atom is -0.309 e. The lowest BCUT2D eigenvalue weighted by Crippen LogP contribution is -2.21. The van der Waals surface area contributed by atoms with Gasteiger partial charge in [-0.05, 0) is 49.7 Å². The highest BCUT2D eigenvalue weighted by molar-refractivity contribution is 5.39. The molecule has 0 radical (unpaired) electrons. The van der Waals surface area contributed by atoms with E-state index in [1.807, 2.05) is 6.92 Å². The number of aryl methyl sites for hydroxylation is 2. The maximum atomic E-state index is 14.1. The molecule has 1 unspecified atom stereocenters. The molecule has 2 aromatic carbocycles. The van der Waals surface area contributed by atoms with Gasteiger partial charge in [0.1, 0.15) is 5.82 Å². The zero-order valence-electron chi connectivity index (χ0n) is 11.6. The summed E-state index contributed by atoms with van der Waals surface area (Å²) in [5.74, 6) is -2.16. The summed E-state index contributed by atoms with van der Waals surface area (Å²) in [6.07, 6.45) is 0. The van der Waals surface area contributed by atoms with Crippen LogP contribution in [0, 0.1) is 31.3 Å². The second-order valence-electron chi connectivity index (χ2n) is 4.82. The molecule has 0 aromatic heterocycles. The average molecular weight is 279 g/mol. The van der Waals surface area contributed by atoms with Gasteiger partial charge in [-0.15, -0.1) is 0 Å². The standard InChI is InChI=1S/C16H16F3N/c1-9-4-6-11(17)8-13(9)16(20-3)12-7-5-10(2)14(18)15(12)19/h4-8,16,20H,1-3H3. The van der Waals surface area contributed by atoms with Crippen LogP contribution >= 0.6 is 0 Å². The van der Waals surface area contributed by atoms with Crippen molar-refractivity contribution in [1.82, 2.24) is 5.32 Å². The number of halogens is 3.